The van der Waals surface area contributed by atoms with Crippen LogP contribution in [0.3, 0.4) is 0 Å². The van der Waals surface area contributed by atoms with E-state index in [1.165, 1.54) is 5.56 Å². The molecule has 1 heterocycles. The Morgan fingerprint density at radius 2 is 2.31 bits per heavy atom. The highest BCUT2D eigenvalue weighted by molar-refractivity contribution is 5.25. The predicted molar refractivity (Wildman–Crippen MR) is 52.5 cm³/mol. The molecule has 0 saturated carbocycles. The van der Waals surface area contributed by atoms with E-state index in [4.69, 9.17) is 0 Å². The summed E-state index contributed by atoms with van der Waals surface area (Å²) in [6.45, 7) is 3.08. The van der Waals surface area contributed by atoms with Crippen LogP contribution in [0, 0.1) is 6.92 Å². The summed E-state index contributed by atoms with van der Waals surface area (Å²) in [5, 5.41) is 13.1. The monoisotopic (exact) mass is 177 g/mol. The van der Waals surface area contributed by atoms with Gasteiger partial charge in [-0.2, -0.15) is 0 Å². The van der Waals surface area contributed by atoms with Gasteiger partial charge in [-0.15, -0.1) is 0 Å². The van der Waals surface area contributed by atoms with Crippen molar-refractivity contribution in [3.8, 4) is 0 Å². The van der Waals surface area contributed by atoms with Gasteiger partial charge in [0.05, 0.1) is 6.10 Å². The number of hydrogen-bond acceptors (Lipinski definition) is 2. The van der Waals surface area contributed by atoms with Crippen molar-refractivity contribution in [2.24, 2.45) is 0 Å². The van der Waals surface area contributed by atoms with Crippen LogP contribution in [0.15, 0.2) is 24.3 Å². The molecule has 2 heteroatoms. The summed E-state index contributed by atoms with van der Waals surface area (Å²) in [6.07, 6.45) is 0.739. The Labute approximate surface area is 78.6 Å². The number of aryl methyl sites for hydroxylation is 1. The molecule has 13 heavy (non-hydrogen) atoms. The van der Waals surface area contributed by atoms with Crippen LogP contribution >= 0.6 is 0 Å². The lowest BCUT2D eigenvalue weighted by atomic mass is 9.94. The van der Waals surface area contributed by atoms with Gasteiger partial charge in [0.2, 0.25) is 0 Å². The Balaban J connectivity index is 2.14. The van der Waals surface area contributed by atoms with Gasteiger partial charge in [0.15, 0.2) is 0 Å². The van der Waals surface area contributed by atoms with Gasteiger partial charge < -0.3 is 10.4 Å². The molecule has 1 aromatic rings. The summed E-state index contributed by atoms with van der Waals surface area (Å²) < 4.78 is 0. The molecule has 1 saturated heterocycles. The first kappa shape index (κ1) is 8.73. The highest BCUT2D eigenvalue weighted by Crippen LogP contribution is 2.22. The third-order valence-electron chi connectivity index (χ3n) is 2.63. The van der Waals surface area contributed by atoms with Crippen LogP contribution in [0.5, 0.6) is 0 Å². The van der Waals surface area contributed by atoms with Crippen molar-refractivity contribution in [2.45, 2.75) is 25.5 Å². The zero-order valence-corrected chi connectivity index (χ0v) is 7.83. The van der Waals surface area contributed by atoms with Crippen molar-refractivity contribution >= 4 is 0 Å². The van der Waals surface area contributed by atoms with Crippen molar-refractivity contribution in [3.63, 3.8) is 0 Å². The van der Waals surface area contributed by atoms with Gasteiger partial charge in [0.25, 0.3) is 0 Å². The molecule has 70 valence electrons. The molecule has 0 amide bonds. The van der Waals surface area contributed by atoms with E-state index in [9.17, 15) is 5.11 Å². The fourth-order valence-electron chi connectivity index (χ4n) is 1.67. The molecule has 1 fully saturated rings. The molecule has 0 bridgehead atoms. The Morgan fingerprint density at radius 3 is 2.85 bits per heavy atom. The summed E-state index contributed by atoms with van der Waals surface area (Å²) in [5.74, 6) is 0. The van der Waals surface area contributed by atoms with Crippen LogP contribution in [-0.4, -0.2) is 17.7 Å². The quantitative estimate of drug-likeness (QED) is 0.715. The molecular formula is C11H15NO. The molecule has 2 N–H and O–H groups in total. The molecule has 2 rings (SSSR count). The van der Waals surface area contributed by atoms with Crippen LogP contribution in [-0.2, 0) is 0 Å². The number of aliphatic hydroxyl groups excluding tert-OH is 1. The molecule has 0 radical (unpaired) electrons. The van der Waals surface area contributed by atoms with Crippen molar-refractivity contribution in [3.05, 3.63) is 35.4 Å². The molecule has 2 unspecified atom stereocenters. The molecular weight excluding hydrogens is 162 g/mol. The predicted octanol–water partition coefficient (Wildman–Crippen LogP) is 1.39. The second-order valence-corrected chi connectivity index (χ2v) is 3.71. The van der Waals surface area contributed by atoms with Gasteiger partial charge in [0.1, 0.15) is 0 Å². The summed E-state index contributed by atoms with van der Waals surface area (Å²) in [5.41, 5.74) is 2.23. The lowest BCUT2D eigenvalue weighted by Crippen LogP contribution is -2.46. The Morgan fingerprint density at radius 1 is 1.54 bits per heavy atom. The summed E-state index contributed by atoms with van der Waals surface area (Å²) in [4.78, 5) is 0. The molecule has 0 aliphatic carbocycles. The van der Waals surface area contributed by atoms with Gasteiger partial charge >= 0.3 is 0 Å². The number of rotatable bonds is 2. The Bertz CT molecular complexity index is 294. The fraction of sp³-hybridized carbons (Fsp3) is 0.455. The number of benzene rings is 1. The second-order valence-electron chi connectivity index (χ2n) is 3.71. The van der Waals surface area contributed by atoms with Gasteiger partial charge in [-0.3, -0.25) is 0 Å². The maximum atomic E-state index is 9.90. The van der Waals surface area contributed by atoms with Crippen molar-refractivity contribution in [1.29, 1.82) is 0 Å². The van der Waals surface area contributed by atoms with E-state index in [1.807, 2.05) is 31.2 Å². The van der Waals surface area contributed by atoms with Crippen molar-refractivity contribution in [2.75, 3.05) is 6.54 Å². The minimum absolute atomic E-state index is 0.266. The van der Waals surface area contributed by atoms with Gasteiger partial charge in [-0.25, -0.2) is 0 Å². The van der Waals surface area contributed by atoms with Gasteiger partial charge in [-0.05, 0) is 25.5 Å². The summed E-state index contributed by atoms with van der Waals surface area (Å²) in [6, 6.07) is 8.33. The van der Waals surface area contributed by atoms with Crippen LogP contribution < -0.4 is 5.32 Å². The smallest absolute Gasteiger partial charge is 0.0943 e. The molecule has 2 atom stereocenters. The van der Waals surface area contributed by atoms with Crippen molar-refractivity contribution in [1.82, 2.24) is 5.32 Å². The topological polar surface area (TPSA) is 32.3 Å². The zero-order valence-electron chi connectivity index (χ0n) is 7.83. The number of aliphatic hydroxyl groups is 1. The minimum atomic E-state index is -0.339. The first-order chi connectivity index (χ1) is 6.27. The molecule has 1 aliphatic heterocycles. The highest BCUT2D eigenvalue weighted by atomic mass is 16.3. The van der Waals surface area contributed by atoms with E-state index < -0.39 is 0 Å². The van der Waals surface area contributed by atoms with Gasteiger partial charge in [-0.1, -0.05) is 29.8 Å². The molecule has 0 aromatic heterocycles. The lowest BCUT2D eigenvalue weighted by molar-refractivity contribution is 0.0956. The lowest BCUT2D eigenvalue weighted by Gasteiger charge is -2.32. The van der Waals surface area contributed by atoms with Crippen LogP contribution in [0.2, 0.25) is 0 Å². The van der Waals surface area contributed by atoms with E-state index in [2.05, 4.69) is 5.32 Å². The molecule has 2 nitrogen and oxygen atoms in total. The molecule has 0 spiro atoms. The van der Waals surface area contributed by atoms with Crippen LogP contribution in [0.25, 0.3) is 0 Å². The van der Waals surface area contributed by atoms with E-state index in [0.29, 0.717) is 0 Å². The standard InChI is InChI=1S/C11H15NO/c1-8-3-2-4-9(7-8)11(13)10-5-6-12-10/h2-4,7,10-13H,5-6H2,1H3. The van der Waals surface area contributed by atoms with E-state index >= 15 is 0 Å². The second kappa shape index (κ2) is 3.48. The normalized spacial score (nSPS) is 23.7. The van der Waals surface area contributed by atoms with Gasteiger partial charge in [0, 0.05) is 6.04 Å². The number of hydrogen-bond donors (Lipinski definition) is 2. The third-order valence-corrected chi connectivity index (χ3v) is 2.63. The third kappa shape index (κ3) is 1.74. The summed E-state index contributed by atoms with van der Waals surface area (Å²) >= 11 is 0. The molecule has 1 aliphatic rings. The van der Waals surface area contributed by atoms with Crippen LogP contribution in [0.1, 0.15) is 23.7 Å². The van der Waals surface area contributed by atoms with Crippen LogP contribution in [0.4, 0.5) is 0 Å². The average Bonchev–Trinajstić information content (AvgIpc) is 2.01. The van der Waals surface area contributed by atoms with Crippen molar-refractivity contribution < 1.29 is 5.11 Å². The highest BCUT2D eigenvalue weighted by Gasteiger charge is 2.25. The first-order valence-electron chi connectivity index (χ1n) is 4.75. The fourth-order valence-corrected chi connectivity index (χ4v) is 1.67. The maximum absolute atomic E-state index is 9.90. The zero-order chi connectivity index (χ0) is 9.26. The number of nitrogens with one attached hydrogen (secondary N) is 1. The van der Waals surface area contributed by atoms with E-state index in [0.717, 1.165) is 18.5 Å². The summed E-state index contributed by atoms with van der Waals surface area (Å²) in [7, 11) is 0. The average molecular weight is 177 g/mol. The maximum Gasteiger partial charge on any atom is 0.0943 e. The Hall–Kier alpha value is -0.860. The van der Waals surface area contributed by atoms with E-state index in [-0.39, 0.29) is 12.1 Å². The van der Waals surface area contributed by atoms with E-state index in [1.54, 1.807) is 0 Å². The largest absolute Gasteiger partial charge is 0.387 e. The Kier molecular flexibility index (Phi) is 2.34. The first-order valence-corrected chi connectivity index (χ1v) is 4.75. The molecule has 1 aromatic carbocycles. The minimum Gasteiger partial charge on any atom is -0.387 e. The SMILES string of the molecule is Cc1cccc(C(O)C2CCN2)c1.